The largest absolute Gasteiger partial charge is 0.495 e. The van der Waals surface area contributed by atoms with Crippen LogP contribution in [0.15, 0.2) is 103 Å². The lowest BCUT2D eigenvalue weighted by Crippen LogP contribution is -2.49. The third-order valence-corrected chi connectivity index (χ3v) is 8.73. The van der Waals surface area contributed by atoms with Crippen LogP contribution in [-0.4, -0.2) is 35.8 Å². The lowest BCUT2D eigenvalue weighted by Gasteiger charge is -2.45. The van der Waals surface area contributed by atoms with Gasteiger partial charge in [0.2, 0.25) is 17.7 Å². The molecule has 1 aliphatic heterocycles. The van der Waals surface area contributed by atoms with Gasteiger partial charge in [-0.25, -0.2) is 0 Å². The van der Waals surface area contributed by atoms with Crippen molar-refractivity contribution in [2.45, 2.75) is 24.3 Å². The molecule has 198 valence electrons. The molecule has 0 aromatic heterocycles. The van der Waals surface area contributed by atoms with Crippen molar-refractivity contribution in [3.63, 3.8) is 0 Å². The molecule has 3 amide bonds. The molecule has 8 rings (SSSR count). The second-order valence-electron chi connectivity index (χ2n) is 10.7. The summed E-state index contributed by atoms with van der Waals surface area (Å²) < 4.78 is 5.43. The zero-order valence-corrected chi connectivity index (χ0v) is 22.0. The predicted octanol–water partition coefficient (Wildman–Crippen LogP) is 5.14. The average Bonchev–Trinajstić information content (AvgIpc) is 3.26. The molecule has 2 bridgehead atoms. The van der Waals surface area contributed by atoms with E-state index in [-0.39, 0.29) is 30.1 Å². The van der Waals surface area contributed by atoms with E-state index in [0.717, 1.165) is 27.8 Å². The van der Waals surface area contributed by atoms with Crippen LogP contribution in [0.5, 0.6) is 5.75 Å². The van der Waals surface area contributed by atoms with Crippen molar-refractivity contribution in [3.8, 4) is 5.75 Å². The number of methoxy groups -OCH3 is 1. The molecule has 1 N–H and O–H groups in total. The second-order valence-corrected chi connectivity index (χ2v) is 10.7. The van der Waals surface area contributed by atoms with E-state index in [1.54, 1.807) is 18.2 Å². The van der Waals surface area contributed by atoms with Crippen molar-refractivity contribution < 1.29 is 19.1 Å². The van der Waals surface area contributed by atoms with Gasteiger partial charge >= 0.3 is 0 Å². The Bertz CT molecular complexity index is 1530. The summed E-state index contributed by atoms with van der Waals surface area (Å²) in [4.78, 5) is 44.0. The maximum absolute atomic E-state index is 14.4. The molecule has 3 aliphatic carbocycles. The van der Waals surface area contributed by atoms with E-state index in [4.69, 9.17) is 4.74 Å². The number of nitrogens with zero attached hydrogens (tertiary/aromatic N) is 1. The highest BCUT2D eigenvalue weighted by molar-refractivity contribution is 6.12. The normalized spacial score (nSPS) is 22.8. The fourth-order valence-electron chi connectivity index (χ4n) is 7.11. The van der Waals surface area contributed by atoms with Crippen molar-refractivity contribution in [2.24, 2.45) is 11.8 Å². The third kappa shape index (κ3) is 3.59. The highest BCUT2D eigenvalue weighted by atomic mass is 16.5. The SMILES string of the molecule is COc1ccccc1NC(=O)[C@H](Cc1ccccc1)N1C(=O)[C@H]2C3c4ccccc4C(c4ccccc43)[C@@H]2C1=O. The number of amides is 3. The smallest absolute Gasteiger partial charge is 0.248 e. The zero-order chi connectivity index (χ0) is 27.4. The summed E-state index contributed by atoms with van der Waals surface area (Å²) in [6, 6.07) is 31.9. The summed E-state index contributed by atoms with van der Waals surface area (Å²) in [5.41, 5.74) is 5.78. The molecule has 0 radical (unpaired) electrons. The van der Waals surface area contributed by atoms with Crippen LogP contribution in [0, 0.1) is 11.8 Å². The van der Waals surface area contributed by atoms with Crippen LogP contribution in [-0.2, 0) is 20.8 Å². The van der Waals surface area contributed by atoms with E-state index in [2.05, 4.69) is 29.6 Å². The van der Waals surface area contributed by atoms with Crippen LogP contribution >= 0.6 is 0 Å². The average molecular weight is 529 g/mol. The Balaban J connectivity index is 1.31. The van der Waals surface area contributed by atoms with Gasteiger partial charge in [0, 0.05) is 18.3 Å². The number of benzene rings is 4. The van der Waals surface area contributed by atoms with Crippen LogP contribution < -0.4 is 10.1 Å². The first-order valence-corrected chi connectivity index (χ1v) is 13.6. The molecule has 1 saturated heterocycles. The molecule has 40 heavy (non-hydrogen) atoms. The second kappa shape index (κ2) is 9.49. The summed E-state index contributed by atoms with van der Waals surface area (Å²) in [7, 11) is 1.54. The molecule has 1 heterocycles. The number of ether oxygens (including phenoxy) is 1. The Morgan fingerprint density at radius 3 is 1.73 bits per heavy atom. The van der Waals surface area contributed by atoms with Crippen LogP contribution in [0.25, 0.3) is 0 Å². The lowest BCUT2D eigenvalue weighted by molar-refractivity contribution is -0.146. The van der Waals surface area contributed by atoms with E-state index in [9.17, 15) is 14.4 Å². The van der Waals surface area contributed by atoms with Crippen molar-refractivity contribution >= 4 is 23.4 Å². The minimum atomic E-state index is -1.01. The molecule has 4 aromatic rings. The van der Waals surface area contributed by atoms with Crippen LogP contribution in [0.4, 0.5) is 5.69 Å². The number of carbonyl (C=O) groups is 3. The Kier molecular flexibility index (Phi) is 5.77. The Morgan fingerprint density at radius 1 is 0.725 bits per heavy atom. The number of anilines is 1. The van der Waals surface area contributed by atoms with Crippen molar-refractivity contribution in [2.75, 3.05) is 12.4 Å². The fraction of sp³-hybridized carbons (Fsp3) is 0.206. The highest BCUT2D eigenvalue weighted by Gasteiger charge is 2.63. The van der Waals surface area contributed by atoms with E-state index < -0.39 is 23.8 Å². The molecule has 6 heteroatoms. The number of rotatable bonds is 6. The van der Waals surface area contributed by atoms with Gasteiger partial charge in [-0.2, -0.15) is 0 Å². The van der Waals surface area contributed by atoms with Crippen LogP contribution in [0.1, 0.15) is 39.7 Å². The zero-order valence-electron chi connectivity index (χ0n) is 22.0. The number of imide groups is 1. The third-order valence-electron chi connectivity index (χ3n) is 8.73. The van der Waals surface area contributed by atoms with E-state index >= 15 is 0 Å². The lowest BCUT2D eigenvalue weighted by atomic mass is 9.55. The van der Waals surface area contributed by atoms with E-state index in [1.807, 2.05) is 60.7 Å². The Hall–Kier alpha value is -4.71. The quantitative estimate of drug-likeness (QED) is 0.352. The number of hydrogen-bond acceptors (Lipinski definition) is 4. The number of hydrogen-bond donors (Lipinski definition) is 1. The molecule has 0 saturated carbocycles. The summed E-state index contributed by atoms with van der Waals surface area (Å²) in [5.74, 6) is -1.99. The van der Waals surface area contributed by atoms with Gasteiger partial charge in [0.25, 0.3) is 0 Å². The molecule has 4 aliphatic rings. The monoisotopic (exact) mass is 528 g/mol. The highest BCUT2D eigenvalue weighted by Crippen LogP contribution is 2.61. The van der Waals surface area contributed by atoms with Crippen molar-refractivity contribution in [1.29, 1.82) is 0 Å². The first-order valence-electron chi connectivity index (χ1n) is 13.6. The summed E-state index contributed by atoms with van der Waals surface area (Å²) in [6.45, 7) is 0. The number of para-hydroxylation sites is 2. The van der Waals surface area contributed by atoms with Crippen molar-refractivity contribution in [3.05, 3.63) is 131 Å². The van der Waals surface area contributed by atoms with E-state index in [1.165, 1.54) is 12.0 Å². The molecule has 3 atom stereocenters. The number of nitrogens with one attached hydrogen (secondary N) is 1. The number of likely N-dealkylation sites (tertiary alicyclic amines) is 1. The summed E-state index contributed by atoms with van der Waals surface area (Å²) in [6.07, 6.45) is 0.216. The van der Waals surface area contributed by atoms with Crippen molar-refractivity contribution in [1.82, 2.24) is 4.90 Å². The van der Waals surface area contributed by atoms with Crippen LogP contribution in [0.3, 0.4) is 0 Å². The standard InChI is InChI=1S/C34H28N2O4/c1-40-27-18-10-9-17-25(27)35-32(37)26(19-20-11-3-2-4-12-20)36-33(38)30-28-21-13-5-6-14-22(21)29(31(30)34(36)39)24-16-8-7-15-23(24)28/h2-18,26,28-31H,19H2,1H3,(H,35,37)/t26-,28?,29?,30-,31-/m0/s1. The van der Waals surface area contributed by atoms with Gasteiger partial charge in [0.1, 0.15) is 11.8 Å². The summed E-state index contributed by atoms with van der Waals surface area (Å²) in [5, 5.41) is 2.94. The minimum absolute atomic E-state index is 0.216. The minimum Gasteiger partial charge on any atom is -0.495 e. The van der Waals surface area contributed by atoms with Gasteiger partial charge in [0.15, 0.2) is 0 Å². The van der Waals surface area contributed by atoms with Crippen LogP contribution in [0.2, 0.25) is 0 Å². The van der Waals surface area contributed by atoms with Gasteiger partial charge < -0.3 is 10.1 Å². The Labute approximate surface area is 232 Å². The molecule has 6 nitrogen and oxygen atoms in total. The predicted molar refractivity (Wildman–Crippen MR) is 151 cm³/mol. The van der Waals surface area contributed by atoms with Gasteiger partial charge in [-0.3, -0.25) is 19.3 Å². The fourth-order valence-corrected chi connectivity index (χ4v) is 7.11. The first kappa shape index (κ1) is 24.3. The van der Waals surface area contributed by atoms with Gasteiger partial charge in [-0.1, -0.05) is 91.0 Å². The maximum Gasteiger partial charge on any atom is 0.248 e. The molecule has 0 spiro atoms. The summed E-state index contributed by atoms with van der Waals surface area (Å²) >= 11 is 0. The van der Waals surface area contributed by atoms with E-state index in [0.29, 0.717) is 11.4 Å². The Morgan fingerprint density at radius 2 is 1.20 bits per heavy atom. The van der Waals surface area contributed by atoms with Gasteiger partial charge in [0.05, 0.1) is 24.6 Å². The number of carbonyl (C=O) groups excluding carboxylic acids is 3. The molecular formula is C34H28N2O4. The maximum atomic E-state index is 14.4. The molecule has 1 fully saturated rings. The first-order chi connectivity index (χ1) is 19.6. The molecule has 4 aromatic carbocycles. The molecular weight excluding hydrogens is 500 g/mol. The molecule has 0 unspecified atom stereocenters. The van der Waals surface area contributed by atoms with Gasteiger partial charge in [-0.05, 0) is 39.9 Å². The van der Waals surface area contributed by atoms with Gasteiger partial charge in [-0.15, -0.1) is 0 Å². The topological polar surface area (TPSA) is 75.7 Å².